The minimum atomic E-state index is -0.300. The Morgan fingerprint density at radius 3 is 1.48 bits per heavy atom. The molecule has 3 atom stereocenters. The molecule has 3 saturated heterocycles. The van der Waals surface area contributed by atoms with Crippen LogP contribution >= 0.6 is 0 Å². The first kappa shape index (κ1) is 57.3. The van der Waals surface area contributed by atoms with E-state index >= 15 is 0 Å². The van der Waals surface area contributed by atoms with Gasteiger partial charge in [-0.15, -0.1) is 0 Å². The summed E-state index contributed by atoms with van der Waals surface area (Å²) in [5.74, 6) is 3.32. The Kier molecular flexibility index (Phi) is 29.7. The van der Waals surface area contributed by atoms with Crippen LogP contribution < -0.4 is 9.47 Å². The molecule has 1 saturated carbocycles. The van der Waals surface area contributed by atoms with Crippen LogP contribution in [0.5, 0.6) is 11.5 Å². The standard InChI is InChI=1S/C17H24O3.C17H30O2.2C12H16O3.H2/c1-14-8-10-15(11-9-14)7-5-3-2-4-6-12-19-17(18)16-13-20-16;1-3-17(18)19-14-8-6-4-5-7-9-16-12-10-15(2)11-13-16;2*1-10-3-5-11(6-4-10)13-7-2-8-14-12-9-15-12;/h8-11,16H,2-7,12-13H2,1H3;3,15-16H,1,4-14H2,2H3;2*3-6,12H,2,7-9H2,1H3;1H. The van der Waals surface area contributed by atoms with E-state index in [2.05, 4.69) is 58.5 Å². The molecule has 3 aromatic carbocycles. The van der Waals surface area contributed by atoms with Crippen molar-refractivity contribution in [1.82, 2.24) is 0 Å². The first-order chi connectivity index (χ1) is 33.7. The molecular formula is C58H88O11. The molecule has 3 heterocycles. The molecule has 0 amide bonds. The lowest BCUT2D eigenvalue weighted by Crippen LogP contribution is -2.12. The van der Waals surface area contributed by atoms with Crippen LogP contribution in [0.15, 0.2) is 85.5 Å². The van der Waals surface area contributed by atoms with E-state index in [4.69, 9.17) is 42.6 Å². The monoisotopic (exact) mass is 961 g/mol. The van der Waals surface area contributed by atoms with Gasteiger partial charge in [0.25, 0.3) is 0 Å². The largest absolute Gasteiger partial charge is 0.494 e. The van der Waals surface area contributed by atoms with Gasteiger partial charge < -0.3 is 42.6 Å². The zero-order chi connectivity index (χ0) is 49.2. The number of carbonyl (C=O) groups excluding carboxylic acids is 2. The second-order valence-electron chi connectivity index (χ2n) is 18.8. The molecule has 11 heteroatoms. The highest BCUT2D eigenvalue weighted by molar-refractivity contribution is 5.81. The number of ether oxygens (including phenoxy) is 9. The summed E-state index contributed by atoms with van der Waals surface area (Å²) < 4.78 is 46.4. The lowest BCUT2D eigenvalue weighted by molar-refractivity contribution is -0.145. The molecule has 11 nitrogen and oxygen atoms in total. The summed E-state index contributed by atoms with van der Waals surface area (Å²) in [6.07, 6.45) is 23.2. The molecule has 3 unspecified atom stereocenters. The van der Waals surface area contributed by atoms with E-state index in [-0.39, 0.29) is 32.0 Å². The Morgan fingerprint density at radius 1 is 0.551 bits per heavy atom. The van der Waals surface area contributed by atoms with Gasteiger partial charge in [-0.3, -0.25) is 0 Å². The van der Waals surface area contributed by atoms with E-state index in [1.165, 1.54) is 105 Å². The van der Waals surface area contributed by atoms with Crippen molar-refractivity contribution in [3.05, 3.63) is 108 Å². The van der Waals surface area contributed by atoms with Crippen LogP contribution in [0.2, 0.25) is 0 Å². The van der Waals surface area contributed by atoms with Crippen molar-refractivity contribution in [1.29, 1.82) is 0 Å². The Balaban J connectivity index is 0.000000247. The first-order valence-corrected chi connectivity index (χ1v) is 26.1. The van der Waals surface area contributed by atoms with E-state index in [0.717, 1.165) is 75.1 Å². The topological polar surface area (TPSA) is 127 Å². The van der Waals surface area contributed by atoms with Gasteiger partial charge in [-0.2, -0.15) is 0 Å². The van der Waals surface area contributed by atoms with Gasteiger partial charge in [-0.25, -0.2) is 9.59 Å². The average molecular weight is 961 g/mol. The number of unbranched alkanes of at least 4 members (excludes halogenated alkanes) is 8. The summed E-state index contributed by atoms with van der Waals surface area (Å²) in [6, 6.07) is 24.9. The summed E-state index contributed by atoms with van der Waals surface area (Å²) in [7, 11) is 0. The molecule has 0 spiro atoms. The number of carbonyl (C=O) groups is 2. The Hall–Kier alpha value is -4.26. The summed E-state index contributed by atoms with van der Waals surface area (Å²) in [6.45, 7) is 17.9. The van der Waals surface area contributed by atoms with Crippen LogP contribution in [0.4, 0.5) is 0 Å². The van der Waals surface area contributed by atoms with Crippen LogP contribution in [0.25, 0.3) is 0 Å². The van der Waals surface area contributed by atoms with Crippen LogP contribution in [0.1, 0.15) is 140 Å². The van der Waals surface area contributed by atoms with Gasteiger partial charge >= 0.3 is 11.9 Å². The molecule has 0 N–H and O–H groups in total. The number of aryl methyl sites for hydroxylation is 4. The van der Waals surface area contributed by atoms with Gasteiger partial charge in [0, 0.05) is 20.3 Å². The predicted octanol–water partition coefficient (Wildman–Crippen LogP) is 12.8. The molecule has 3 aliphatic heterocycles. The number of hydrogen-bond donors (Lipinski definition) is 0. The van der Waals surface area contributed by atoms with E-state index < -0.39 is 0 Å². The molecule has 3 aromatic rings. The van der Waals surface area contributed by atoms with Crippen LogP contribution in [-0.4, -0.2) is 90.1 Å². The fraction of sp³-hybridized carbons (Fsp3) is 0.621. The van der Waals surface area contributed by atoms with Crippen molar-refractivity contribution in [3.63, 3.8) is 0 Å². The molecule has 69 heavy (non-hydrogen) atoms. The number of benzene rings is 3. The molecule has 386 valence electrons. The normalized spacial score (nSPS) is 19.4. The molecular weight excluding hydrogens is 873 g/mol. The third kappa shape index (κ3) is 30.9. The SMILES string of the molecule is C=CC(=O)OCCCCCCCC1CCC(C)CC1.Cc1ccc(CCCCCCCOC(=O)C2CO2)cc1.Cc1ccc(OCCCOC2CO2)cc1.Cc1ccc(OCCCOC2CO2)cc1.[HH]. The summed E-state index contributed by atoms with van der Waals surface area (Å²) >= 11 is 0. The molecule has 4 aliphatic rings. The fourth-order valence-electron chi connectivity index (χ4n) is 7.55. The van der Waals surface area contributed by atoms with Gasteiger partial charge in [0.05, 0.1) is 46.2 Å². The van der Waals surface area contributed by atoms with Crippen molar-refractivity contribution in [3.8, 4) is 11.5 Å². The van der Waals surface area contributed by atoms with Crippen molar-refractivity contribution in [2.75, 3.05) is 59.5 Å². The van der Waals surface area contributed by atoms with Crippen LogP contribution in [-0.2, 0) is 49.2 Å². The van der Waals surface area contributed by atoms with E-state index in [9.17, 15) is 9.59 Å². The van der Waals surface area contributed by atoms with Crippen molar-refractivity contribution >= 4 is 11.9 Å². The number of esters is 2. The minimum Gasteiger partial charge on any atom is -0.494 e. The van der Waals surface area contributed by atoms with Gasteiger partial charge in [0.2, 0.25) is 0 Å². The maximum Gasteiger partial charge on any atom is 0.337 e. The maximum absolute atomic E-state index is 11.2. The molecule has 7 rings (SSSR count). The van der Waals surface area contributed by atoms with E-state index in [0.29, 0.717) is 46.2 Å². The van der Waals surface area contributed by atoms with Gasteiger partial charge in [0.1, 0.15) is 24.7 Å². The number of epoxide rings is 3. The minimum absolute atomic E-state index is 0. The maximum atomic E-state index is 11.2. The molecule has 1 aliphatic carbocycles. The summed E-state index contributed by atoms with van der Waals surface area (Å²) in [5.41, 5.74) is 5.24. The third-order valence-electron chi connectivity index (χ3n) is 12.2. The molecule has 0 aromatic heterocycles. The molecule has 4 fully saturated rings. The van der Waals surface area contributed by atoms with E-state index in [1.807, 2.05) is 48.5 Å². The number of hydrogen-bond acceptors (Lipinski definition) is 11. The van der Waals surface area contributed by atoms with E-state index in [1.54, 1.807) is 0 Å². The van der Waals surface area contributed by atoms with Crippen LogP contribution in [0, 0.1) is 32.6 Å². The fourth-order valence-corrected chi connectivity index (χ4v) is 7.55. The van der Waals surface area contributed by atoms with Crippen molar-refractivity contribution in [2.45, 2.75) is 162 Å². The summed E-state index contributed by atoms with van der Waals surface area (Å²) in [5, 5.41) is 0. The zero-order valence-corrected chi connectivity index (χ0v) is 42.7. The highest BCUT2D eigenvalue weighted by Crippen LogP contribution is 2.31. The highest BCUT2D eigenvalue weighted by Gasteiger charge is 2.32. The highest BCUT2D eigenvalue weighted by atomic mass is 16.8. The summed E-state index contributed by atoms with van der Waals surface area (Å²) in [4.78, 5) is 22.0. The van der Waals surface area contributed by atoms with Gasteiger partial charge in [-0.05, 0) is 88.1 Å². The smallest absolute Gasteiger partial charge is 0.337 e. The lowest BCUT2D eigenvalue weighted by atomic mass is 9.80. The Bertz CT molecular complexity index is 1700. The third-order valence-corrected chi connectivity index (χ3v) is 12.2. The lowest BCUT2D eigenvalue weighted by Gasteiger charge is -2.25. The second-order valence-corrected chi connectivity index (χ2v) is 18.8. The Morgan fingerprint density at radius 2 is 1.00 bits per heavy atom. The Labute approximate surface area is 416 Å². The quantitative estimate of drug-likeness (QED) is 0.0274. The van der Waals surface area contributed by atoms with Crippen molar-refractivity contribution < 1.29 is 53.6 Å². The van der Waals surface area contributed by atoms with Crippen molar-refractivity contribution in [2.24, 2.45) is 11.8 Å². The molecule has 0 radical (unpaired) electrons. The first-order valence-electron chi connectivity index (χ1n) is 26.1. The number of rotatable bonds is 30. The average Bonchev–Trinajstić information content (AvgIpc) is 4.19. The van der Waals surface area contributed by atoms with Crippen LogP contribution in [0.3, 0.4) is 0 Å². The molecule has 0 bridgehead atoms. The predicted molar refractivity (Wildman–Crippen MR) is 275 cm³/mol. The zero-order valence-electron chi connectivity index (χ0n) is 42.7. The second kappa shape index (κ2) is 35.8. The van der Waals surface area contributed by atoms with Gasteiger partial charge in [0.15, 0.2) is 18.7 Å². The van der Waals surface area contributed by atoms with Gasteiger partial charge in [-0.1, -0.05) is 156 Å².